The first-order valence-corrected chi connectivity index (χ1v) is 7.29. The van der Waals surface area contributed by atoms with Crippen molar-refractivity contribution >= 4 is 39.7 Å². The molecule has 0 saturated heterocycles. The first-order valence-electron chi connectivity index (χ1n) is 6.14. The lowest BCUT2D eigenvalue weighted by molar-refractivity contribution is -0.114. The molecular formula is C14H13ClN4OS. The number of hydrogen-bond acceptors (Lipinski definition) is 5. The maximum absolute atomic E-state index is 12.0. The fraction of sp³-hybridized carbons (Fsp3) is 0.214. The van der Waals surface area contributed by atoms with Crippen LogP contribution in [0.3, 0.4) is 0 Å². The van der Waals surface area contributed by atoms with Crippen molar-refractivity contribution in [1.29, 1.82) is 5.26 Å². The van der Waals surface area contributed by atoms with Crippen molar-refractivity contribution in [2.24, 2.45) is 0 Å². The van der Waals surface area contributed by atoms with Crippen molar-refractivity contribution in [2.45, 2.75) is 6.92 Å². The predicted octanol–water partition coefficient (Wildman–Crippen LogP) is 3.05. The highest BCUT2D eigenvalue weighted by Gasteiger charge is 2.17. The molecule has 21 heavy (non-hydrogen) atoms. The Labute approximate surface area is 131 Å². The second-order valence-electron chi connectivity index (χ2n) is 4.54. The molecule has 0 aliphatic heterocycles. The Balaban J connectivity index is 2.02. The van der Waals surface area contributed by atoms with E-state index in [4.69, 9.17) is 16.9 Å². The van der Waals surface area contributed by atoms with Crippen molar-refractivity contribution in [2.75, 3.05) is 23.8 Å². The summed E-state index contributed by atoms with van der Waals surface area (Å²) in [5.41, 5.74) is 2.16. The predicted molar refractivity (Wildman–Crippen MR) is 84.9 cm³/mol. The van der Waals surface area contributed by atoms with Gasteiger partial charge in [-0.25, -0.2) is 0 Å². The Bertz CT molecular complexity index is 690. The summed E-state index contributed by atoms with van der Waals surface area (Å²) in [7, 11) is 1.72. The van der Waals surface area contributed by atoms with E-state index in [1.165, 1.54) is 0 Å². The van der Waals surface area contributed by atoms with E-state index in [-0.39, 0.29) is 17.6 Å². The number of aromatic nitrogens is 1. The van der Waals surface area contributed by atoms with Gasteiger partial charge in [-0.15, -0.1) is 0 Å². The molecule has 0 bridgehead atoms. The third kappa shape index (κ3) is 3.72. The number of hydrogen-bond donors (Lipinski definition) is 1. The van der Waals surface area contributed by atoms with Crippen LogP contribution >= 0.6 is 23.1 Å². The maximum atomic E-state index is 12.0. The molecule has 2 rings (SSSR count). The van der Waals surface area contributed by atoms with E-state index in [1.807, 2.05) is 37.3 Å². The van der Waals surface area contributed by atoms with E-state index in [0.717, 1.165) is 22.8 Å². The standard InChI is InChI=1S/C14H13ClN4OS/c1-9-3-5-10(6-4-9)17-12(20)8-19(2)14-11(7-16)13(15)18-21-14/h3-6H,8H2,1-2H3,(H,17,20). The normalized spacial score (nSPS) is 10.0. The van der Waals surface area contributed by atoms with Crippen LogP contribution in [0.4, 0.5) is 10.7 Å². The van der Waals surface area contributed by atoms with Crippen LogP contribution in [0.25, 0.3) is 0 Å². The summed E-state index contributed by atoms with van der Waals surface area (Å²) in [6.45, 7) is 2.09. The fourth-order valence-electron chi connectivity index (χ4n) is 1.74. The average Bonchev–Trinajstić information content (AvgIpc) is 2.82. The largest absolute Gasteiger partial charge is 0.355 e. The minimum absolute atomic E-state index is 0.112. The van der Waals surface area contributed by atoms with Gasteiger partial charge in [0, 0.05) is 12.7 Å². The smallest absolute Gasteiger partial charge is 0.243 e. The third-order valence-corrected chi connectivity index (χ3v) is 4.14. The first-order chi connectivity index (χ1) is 10.0. The molecule has 1 N–H and O–H groups in total. The van der Waals surface area contributed by atoms with Gasteiger partial charge < -0.3 is 10.2 Å². The molecule has 0 aliphatic rings. The fourth-order valence-corrected chi connectivity index (χ4v) is 2.73. The Kier molecular flexibility index (Phi) is 4.78. The Hall–Kier alpha value is -2.10. The van der Waals surface area contributed by atoms with Gasteiger partial charge in [0.15, 0.2) is 5.15 Å². The number of anilines is 2. The topological polar surface area (TPSA) is 69.0 Å². The summed E-state index contributed by atoms with van der Waals surface area (Å²) < 4.78 is 3.92. The SMILES string of the molecule is Cc1ccc(NC(=O)CN(C)c2snc(Cl)c2C#N)cc1. The molecule has 108 valence electrons. The quantitative estimate of drug-likeness (QED) is 0.940. The zero-order chi connectivity index (χ0) is 15.4. The number of benzene rings is 1. The lowest BCUT2D eigenvalue weighted by atomic mass is 10.2. The number of nitrogens with zero attached hydrogens (tertiary/aromatic N) is 3. The average molecular weight is 321 g/mol. The van der Waals surface area contributed by atoms with Gasteiger partial charge in [0.25, 0.3) is 0 Å². The molecule has 0 fully saturated rings. The maximum Gasteiger partial charge on any atom is 0.243 e. The van der Waals surface area contributed by atoms with Gasteiger partial charge in [0.2, 0.25) is 5.91 Å². The molecule has 1 aromatic heterocycles. The second-order valence-corrected chi connectivity index (χ2v) is 5.65. The van der Waals surface area contributed by atoms with Gasteiger partial charge in [-0.3, -0.25) is 4.79 Å². The number of halogens is 1. The van der Waals surface area contributed by atoms with Crippen molar-refractivity contribution in [3.05, 3.63) is 40.5 Å². The number of nitriles is 1. The molecule has 0 aliphatic carbocycles. The number of aryl methyl sites for hydroxylation is 1. The minimum atomic E-state index is -0.172. The number of amides is 1. The molecule has 5 nitrogen and oxygen atoms in total. The van der Waals surface area contributed by atoms with Crippen LogP contribution in [0, 0.1) is 18.3 Å². The number of carbonyl (C=O) groups is 1. The van der Waals surface area contributed by atoms with Crippen LogP contribution in [0.5, 0.6) is 0 Å². The van der Waals surface area contributed by atoms with E-state index < -0.39 is 0 Å². The van der Waals surface area contributed by atoms with E-state index in [2.05, 4.69) is 9.69 Å². The third-order valence-electron chi connectivity index (χ3n) is 2.81. The van der Waals surface area contributed by atoms with Crippen LogP contribution < -0.4 is 10.2 Å². The summed E-state index contributed by atoms with van der Waals surface area (Å²) in [5.74, 6) is -0.172. The summed E-state index contributed by atoms with van der Waals surface area (Å²) in [6.07, 6.45) is 0. The Morgan fingerprint density at radius 1 is 1.48 bits per heavy atom. The molecule has 1 heterocycles. The number of nitrogens with one attached hydrogen (secondary N) is 1. The van der Waals surface area contributed by atoms with Crippen LogP contribution in [0.1, 0.15) is 11.1 Å². The lowest BCUT2D eigenvalue weighted by Gasteiger charge is -2.16. The van der Waals surface area contributed by atoms with Gasteiger partial charge >= 0.3 is 0 Å². The molecule has 0 unspecified atom stereocenters. The number of likely N-dealkylation sites (N-methyl/N-ethyl adjacent to an activating group) is 1. The summed E-state index contributed by atoms with van der Waals surface area (Å²) >= 11 is 6.92. The molecule has 2 aromatic rings. The van der Waals surface area contributed by atoms with Gasteiger partial charge in [-0.05, 0) is 30.6 Å². The molecular weight excluding hydrogens is 308 g/mol. The second kappa shape index (κ2) is 6.57. The summed E-state index contributed by atoms with van der Waals surface area (Å²) in [6, 6.07) is 9.54. The van der Waals surface area contributed by atoms with E-state index in [0.29, 0.717) is 10.6 Å². The van der Waals surface area contributed by atoms with Gasteiger partial charge in [0.1, 0.15) is 16.6 Å². The minimum Gasteiger partial charge on any atom is -0.355 e. The van der Waals surface area contributed by atoms with Gasteiger partial charge in [-0.1, -0.05) is 29.3 Å². The first kappa shape index (κ1) is 15.3. The molecule has 1 amide bonds. The Morgan fingerprint density at radius 2 is 2.14 bits per heavy atom. The Morgan fingerprint density at radius 3 is 2.76 bits per heavy atom. The van der Waals surface area contributed by atoms with Crippen LogP contribution in [-0.4, -0.2) is 23.9 Å². The van der Waals surface area contributed by atoms with E-state index in [9.17, 15) is 4.79 Å². The van der Waals surface area contributed by atoms with Crippen LogP contribution in [-0.2, 0) is 4.79 Å². The highest BCUT2D eigenvalue weighted by atomic mass is 35.5. The molecule has 1 aromatic carbocycles. The van der Waals surface area contributed by atoms with Crippen LogP contribution in [0.15, 0.2) is 24.3 Å². The van der Waals surface area contributed by atoms with Gasteiger partial charge in [0.05, 0.1) is 6.54 Å². The zero-order valence-electron chi connectivity index (χ0n) is 11.6. The summed E-state index contributed by atoms with van der Waals surface area (Å²) in [4.78, 5) is 13.7. The summed E-state index contributed by atoms with van der Waals surface area (Å²) in [5, 5.41) is 12.6. The lowest BCUT2D eigenvalue weighted by Crippen LogP contribution is -2.29. The highest BCUT2D eigenvalue weighted by Crippen LogP contribution is 2.30. The van der Waals surface area contributed by atoms with Crippen molar-refractivity contribution in [3.8, 4) is 6.07 Å². The van der Waals surface area contributed by atoms with Crippen molar-refractivity contribution < 1.29 is 4.79 Å². The molecule has 7 heteroatoms. The molecule has 0 saturated carbocycles. The van der Waals surface area contributed by atoms with E-state index >= 15 is 0 Å². The van der Waals surface area contributed by atoms with Crippen molar-refractivity contribution in [1.82, 2.24) is 4.37 Å². The van der Waals surface area contributed by atoms with Crippen LogP contribution in [0.2, 0.25) is 5.15 Å². The van der Waals surface area contributed by atoms with Crippen molar-refractivity contribution in [3.63, 3.8) is 0 Å². The number of carbonyl (C=O) groups excluding carboxylic acids is 1. The number of rotatable bonds is 4. The molecule has 0 spiro atoms. The monoisotopic (exact) mass is 320 g/mol. The zero-order valence-corrected chi connectivity index (χ0v) is 13.1. The van der Waals surface area contributed by atoms with Gasteiger partial charge in [-0.2, -0.15) is 9.64 Å². The molecule has 0 radical (unpaired) electrons. The highest BCUT2D eigenvalue weighted by molar-refractivity contribution is 7.10. The van der Waals surface area contributed by atoms with E-state index in [1.54, 1.807) is 11.9 Å². The molecule has 0 atom stereocenters.